The number of carbonyl (C=O) groups is 1. The quantitative estimate of drug-likeness (QED) is 0.835. The van der Waals surface area contributed by atoms with Crippen molar-refractivity contribution in [1.29, 1.82) is 0 Å². The first-order valence-corrected chi connectivity index (χ1v) is 7.54. The van der Waals surface area contributed by atoms with Crippen LogP contribution in [0.5, 0.6) is 0 Å². The summed E-state index contributed by atoms with van der Waals surface area (Å²) in [6, 6.07) is 7.63. The lowest BCUT2D eigenvalue weighted by Gasteiger charge is -2.18. The Morgan fingerprint density at radius 2 is 2.00 bits per heavy atom. The Labute approximate surface area is 106 Å². The lowest BCUT2D eigenvalue weighted by atomic mass is 10.1. The van der Waals surface area contributed by atoms with Crippen LogP contribution in [0, 0.1) is 0 Å². The van der Waals surface area contributed by atoms with Gasteiger partial charge in [0.2, 0.25) is 0 Å². The Morgan fingerprint density at radius 1 is 1.33 bits per heavy atom. The highest BCUT2D eigenvalue weighted by Crippen LogP contribution is 2.18. The average Bonchev–Trinajstić information content (AvgIpc) is 2.66. The molecule has 1 fully saturated rings. The Kier molecular flexibility index (Phi) is 3.68. The van der Waals surface area contributed by atoms with Gasteiger partial charge in [0.25, 0.3) is 0 Å². The van der Waals surface area contributed by atoms with Crippen molar-refractivity contribution in [2.45, 2.75) is 18.5 Å². The van der Waals surface area contributed by atoms with Crippen molar-refractivity contribution in [1.82, 2.24) is 5.32 Å². The van der Waals surface area contributed by atoms with Gasteiger partial charge in [0.15, 0.2) is 9.84 Å². The van der Waals surface area contributed by atoms with Gasteiger partial charge < -0.3 is 5.11 Å². The number of carboxylic acids is 1. The lowest BCUT2D eigenvalue weighted by molar-refractivity contribution is -0.139. The molecule has 2 atom stereocenters. The second-order valence-corrected chi connectivity index (χ2v) is 6.68. The molecule has 0 saturated carbocycles. The third-order valence-corrected chi connectivity index (χ3v) is 4.78. The summed E-state index contributed by atoms with van der Waals surface area (Å²) in [5, 5.41) is 12.1. The molecule has 0 aliphatic carbocycles. The average molecular weight is 269 g/mol. The Morgan fingerprint density at radius 3 is 2.50 bits per heavy atom. The largest absolute Gasteiger partial charge is 0.480 e. The fourth-order valence-corrected chi connectivity index (χ4v) is 3.80. The second-order valence-electron chi connectivity index (χ2n) is 4.45. The van der Waals surface area contributed by atoms with Crippen molar-refractivity contribution in [3.63, 3.8) is 0 Å². The van der Waals surface area contributed by atoms with E-state index < -0.39 is 21.8 Å². The molecule has 1 heterocycles. The highest BCUT2D eigenvalue weighted by atomic mass is 32.2. The molecular weight excluding hydrogens is 254 g/mol. The molecule has 5 nitrogen and oxygen atoms in total. The molecule has 0 aromatic heterocycles. The van der Waals surface area contributed by atoms with Crippen LogP contribution in [-0.2, 0) is 14.6 Å². The van der Waals surface area contributed by atoms with Crippen molar-refractivity contribution < 1.29 is 18.3 Å². The molecule has 2 rings (SSSR count). The van der Waals surface area contributed by atoms with Gasteiger partial charge >= 0.3 is 5.97 Å². The molecule has 1 aromatic carbocycles. The maximum Gasteiger partial charge on any atom is 0.325 e. The Hall–Kier alpha value is -1.40. The van der Waals surface area contributed by atoms with Gasteiger partial charge in [0.1, 0.15) is 6.04 Å². The molecule has 6 heteroatoms. The molecule has 1 aromatic rings. The van der Waals surface area contributed by atoms with E-state index in [1.165, 1.54) is 0 Å². The molecule has 0 amide bonds. The molecule has 1 aliphatic heterocycles. The zero-order valence-corrected chi connectivity index (χ0v) is 10.6. The van der Waals surface area contributed by atoms with Gasteiger partial charge in [0.05, 0.1) is 11.5 Å². The first kappa shape index (κ1) is 13.0. The summed E-state index contributed by atoms with van der Waals surface area (Å²) in [5.74, 6) is -0.847. The van der Waals surface area contributed by atoms with Crippen molar-refractivity contribution in [2.24, 2.45) is 0 Å². The fraction of sp³-hybridized carbons (Fsp3) is 0.417. The predicted molar refractivity (Wildman–Crippen MR) is 67.0 cm³/mol. The minimum atomic E-state index is -3.00. The third kappa shape index (κ3) is 3.08. The summed E-state index contributed by atoms with van der Waals surface area (Å²) in [5.41, 5.74) is 0.634. The van der Waals surface area contributed by atoms with Crippen molar-refractivity contribution in [3.8, 4) is 0 Å². The maximum atomic E-state index is 11.3. The van der Waals surface area contributed by atoms with Crippen LogP contribution >= 0.6 is 0 Å². The summed E-state index contributed by atoms with van der Waals surface area (Å²) in [7, 11) is -3.00. The van der Waals surface area contributed by atoms with E-state index in [4.69, 9.17) is 0 Å². The van der Waals surface area contributed by atoms with Crippen LogP contribution in [0.25, 0.3) is 0 Å². The fourth-order valence-electron chi connectivity index (χ4n) is 2.12. The Balaban J connectivity index is 2.11. The van der Waals surface area contributed by atoms with Crippen LogP contribution in [0.1, 0.15) is 18.0 Å². The van der Waals surface area contributed by atoms with Crippen LogP contribution in [0.2, 0.25) is 0 Å². The number of nitrogens with one attached hydrogen (secondary N) is 1. The number of hydrogen-bond donors (Lipinski definition) is 2. The van der Waals surface area contributed by atoms with Crippen LogP contribution in [0.4, 0.5) is 0 Å². The molecule has 0 bridgehead atoms. The monoisotopic (exact) mass is 269 g/mol. The molecule has 18 heavy (non-hydrogen) atoms. The van der Waals surface area contributed by atoms with Crippen molar-refractivity contribution in [2.75, 3.05) is 11.5 Å². The van der Waals surface area contributed by atoms with Gasteiger partial charge in [-0.25, -0.2) is 8.42 Å². The molecular formula is C12H15NO4S. The highest BCUT2D eigenvalue weighted by Gasteiger charge is 2.31. The van der Waals surface area contributed by atoms with Crippen molar-refractivity contribution in [3.05, 3.63) is 35.9 Å². The summed E-state index contributed by atoms with van der Waals surface area (Å²) in [6.07, 6.45) is 0.471. The van der Waals surface area contributed by atoms with Gasteiger partial charge in [-0.15, -0.1) is 0 Å². The summed E-state index contributed by atoms with van der Waals surface area (Å²) in [4.78, 5) is 11.2. The van der Waals surface area contributed by atoms with Crippen LogP contribution in [0.15, 0.2) is 30.3 Å². The van der Waals surface area contributed by atoms with E-state index in [2.05, 4.69) is 5.32 Å². The van der Waals surface area contributed by atoms with Gasteiger partial charge in [-0.1, -0.05) is 30.3 Å². The zero-order chi connectivity index (χ0) is 13.2. The zero-order valence-electron chi connectivity index (χ0n) is 9.74. The number of benzene rings is 1. The number of hydrogen-bond acceptors (Lipinski definition) is 4. The SMILES string of the molecule is O=C(O)C(NC1CCS(=O)(=O)C1)c1ccccc1. The first-order chi connectivity index (χ1) is 8.48. The number of carboxylic acid groups (broad SMARTS) is 1. The van der Waals surface area contributed by atoms with E-state index in [1.807, 2.05) is 6.07 Å². The molecule has 2 unspecified atom stereocenters. The summed E-state index contributed by atoms with van der Waals surface area (Å²) in [6.45, 7) is 0. The molecule has 0 radical (unpaired) electrons. The van der Waals surface area contributed by atoms with E-state index >= 15 is 0 Å². The Bertz CT molecular complexity index is 526. The minimum Gasteiger partial charge on any atom is -0.480 e. The highest BCUT2D eigenvalue weighted by molar-refractivity contribution is 7.91. The number of rotatable bonds is 4. The van der Waals surface area contributed by atoms with E-state index in [0.717, 1.165) is 0 Å². The van der Waals surface area contributed by atoms with Crippen LogP contribution < -0.4 is 5.32 Å². The maximum absolute atomic E-state index is 11.3. The van der Waals surface area contributed by atoms with E-state index in [1.54, 1.807) is 24.3 Å². The van der Waals surface area contributed by atoms with Gasteiger partial charge in [-0.05, 0) is 12.0 Å². The van der Waals surface area contributed by atoms with E-state index in [-0.39, 0.29) is 17.5 Å². The van der Waals surface area contributed by atoms with Crippen LogP contribution in [0.3, 0.4) is 0 Å². The summed E-state index contributed by atoms with van der Waals surface area (Å²) < 4.78 is 22.7. The second kappa shape index (κ2) is 5.07. The van der Waals surface area contributed by atoms with Crippen molar-refractivity contribution >= 4 is 15.8 Å². The lowest BCUT2D eigenvalue weighted by Crippen LogP contribution is -2.37. The summed E-state index contributed by atoms with van der Waals surface area (Å²) >= 11 is 0. The number of aliphatic carboxylic acids is 1. The predicted octanol–water partition coefficient (Wildman–Crippen LogP) is 0.589. The molecule has 0 spiro atoms. The van der Waals surface area contributed by atoms with Gasteiger partial charge in [0, 0.05) is 6.04 Å². The van der Waals surface area contributed by atoms with Gasteiger partial charge in [-0.2, -0.15) is 0 Å². The first-order valence-electron chi connectivity index (χ1n) is 5.72. The number of sulfone groups is 1. The van der Waals surface area contributed by atoms with E-state index in [0.29, 0.717) is 12.0 Å². The minimum absolute atomic E-state index is 0.0175. The molecule has 98 valence electrons. The van der Waals surface area contributed by atoms with Crippen LogP contribution in [-0.4, -0.2) is 37.0 Å². The normalized spacial score (nSPS) is 23.7. The molecule has 2 N–H and O–H groups in total. The van der Waals surface area contributed by atoms with Gasteiger partial charge in [-0.3, -0.25) is 10.1 Å². The van der Waals surface area contributed by atoms with E-state index in [9.17, 15) is 18.3 Å². The topological polar surface area (TPSA) is 83.5 Å². The molecule has 1 aliphatic rings. The smallest absolute Gasteiger partial charge is 0.325 e. The molecule has 1 saturated heterocycles. The standard InChI is InChI=1S/C12H15NO4S/c14-12(15)11(9-4-2-1-3-5-9)13-10-6-7-18(16,17)8-10/h1-5,10-11,13H,6-8H2,(H,14,15). The third-order valence-electron chi connectivity index (χ3n) is 3.01.